The van der Waals surface area contributed by atoms with Gasteiger partial charge in [-0.25, -0.2) is 5.43 Å². The first-order valence-electron chi connectivity index (χ1n) is 9.08. The highest BCUT2D eigenvalue weighted by Gasteiger charge is 2.13. The molecule has 0 spiro atoms. The van der Waals surface area contributed by atoms with Crippen molar-refractivity contribution in [1.29, 1.82) is 0 Å². The zero-order chi connectivity index (χ0) is 19.4. The van der Waals surface area contributed by atoms with Gasteiger partial charge < -0.3 is 15.5 Å². The predicted molar refractivity (Wildman–Crippen MR) is 112 cm³/mol. The Kier molecular flexibility index (Phi) is 10.6. The predicted octanol–water partition coefficient (Wildman–Crippen LogP) is 3.14. The van der Waals surface area contributed by atoms with Crippen LogP contribution in [-0.4, -0.2) is 38.1 Å². The molecule has 1 aromatic rings. The number of allylic oxidation sites excluding steroid dienone is 3. The summed E-state index contributed by atoms with van der Waals surface area (Å²) in [5.41, 5.74) is 14.0. The van der Waals surface area contributed by atoms with Crippen LogP contribution >= 0.6 is 0 Å². The average molecular weight is 359 g/mol. The van der Waals surface area contributed by atoms with E-state index in [1.807, 2.05) is 61.6 Å². The molecule has 0 heterocycles. The molecular weight excluding hydrogens is 324 g/mol. The van der Waals surface area contributed by atoms with E-state index in [4.69, 9.17) is 10.6 Å². The van der Waals surface area contributed by atoms with Gasteiger partial charge in [0.25, 0.3) is 0 Å². The topological polar surface area (TPSA) is 62.5 Å². The lowest BCUT2D eigenvalue weighted by Crippen LogP contribution is -2.49. The third-order valence-electron chi connectivity index (χ3n) is 3.87. The van der Waals surface area contributed by atoms with Gasteiger partial charge in [0, 0.05) is 19.1 Å². The van der Waals surface area contributed by atoms with Crippen LogP contribution in [0.15, 0.2) is 54.1 Å². The number of hydrazine groups is 1. The van der Waals surface area contributed by atoms with E-state index in [0.717, 1.165) is 23.4 Å². The van der Waals surface area contributed by atoms with Gasteiger partial charge in [-0.05, 0) is 50.2 Å². The third kappa shape index (κ3) is 8.97. The Hall–Kier alpha value is -1.92. The molecule has 5 heteroatoms. The number of rotatable bonds is 11. The second kappa shape index (κ2) is 12.4. The summed E-state index contributed by atoms with van der Waals surface area (Å²) >= 11 is 0. The monoisotopic (exact) mass is 358 g/mol. The Labute approximate surface area is 158 Å². The van der Waals surface area contributed by atoms with E-state index < -0.39 is 0 Å². The normalized spacial score (nSPS) is 14.1. The minimum absolute atomic E-state index is 0.289. The molecule has 0 aromatic heterocycles. The van der Waals surface area contributed by atoms with Gasteiger partial charge in [-0.1, -0.05) is 61.9 Å². The van der Waals surface area contributed by atoms with Crippen LogP contribution in [0.3, 0.4) is 0 Å². The number of nitrogens with two attached hydrogens (primary N) is 1. The molecule has 0 aliphatic heterocycles. The van der Waals surface area contributed by atoms with Gasteiger partial charge in [-0.2, -0.15) is 0 Å². The minimum Gasteiger partial charge on any atom is -0.394 e. The lowest BCUT2D eigenvalue weighted by molar-refractivity contribution is 0.111. The first-order chi connectivity index (χ1) is 12.5. The summed E-state index contributed by atoms with van der Waals surface area (Å²) < 4.78 is 0. The van der Waals surface area contributed by atoms with Gasteiger partial charge in [0.1, 0.15) is 5.75 Å². The zero-order valence-corrected chi connectivity index (χ0v) is 16.7. The Morgan fingerprint density at radius 1 is 1.31 bits per heavy atom. The molecule has 0 fully saturated rings. The zero-order valence-electron chi connectivity index (χ0n) is 16.7. The van der Waals surface area contributed by atoms with Crippen molar-refractivity contribution in [3.63, 3.8) is 0 Å². The van der Waals surface area contributed by atoms with Crippen LogP contribution in [0.4, 0.5) is 0 Å². The first kappa shape index (κ1) is 22.1. The fourth-order valence-electron chi connectivity index (χ4n) is 2.28. The Balaban J connectivity index is 2.63. The number of benzene rings is 1. The quantitative estimate of drug-likeness (QED) is 0.419. The molecule has 0 aliphatic rings. The molecule has 0 bridgehead atoms. The number of hydrogen-bond acceptors (Lipinski definition) is 5. The fraction of sp³-hybridized carbons (Fsp3) is 0.429. The van der Waals surface area contributed by atoms with E-state index in [-0.39, 0.29) is 6.04 Å². The summed E-state index contributed by atoms with van der Waals surface area (Å²) in [6.07, 6.45) is 10.0. The molecule has 0 radical (unpaired) electrons. The Bertz CT molecular complexity index is 606. The maximum absolute atomic E-state index is 5.76. The second-order valence-corrected chi connectivity index (χ2v) is 6.84. The molecule has 144 valence electrons. The van der Waals surface area contributed by atoms with Crippen LogP contribution in [0.25, 0.3) is 6.08 Å². The van der Waals surface area contributed by atoms with E-state index in [9.17, 15) is 0 Å². The van der Waals surface area contributed by atoms with E-state index in [0.29, 0.717) is 12.5 Å². The maximum atomic E-state index is 5.76. The number of likely N-dealkylation sites (N-methyl/N-ethyl adjacent to an activating group) is 1. The Morgan fingerprint density at radius 2 is 2.08 bits per heavy atom. The summed E-state index contributed by atoms with van der Waals surface area (Å²) in [5.74, 6) is 1.24. The number of nitrogens with one attached hydrogen (secondary N) is 2. The highest BCUT2D eigenvalue weighted by molar-refractivity contribution is 5.55. The molecule has 1 atom stereocenters. The fourth-order valence-corrected chi connectivity index (χ4v) is 2.28. The van der Waals surface area contributed by atoms with Crippen molar-refractivity contribution in [2.24, 2.45) is 11.7 Å². The molecule has 26 heavy (non-hydrogen) atoms. The number of nitrogens with zero attached hydrogens (tertiary/aromatic N) is 1. The van der Waals surface area contributed by atoms with Crippen molar-refractivity contribution < 1.29 is 4.84 Å². The smallest absolute Gasteiger partial charge is 0.149 e. The van der Waals surface area contributed by atoms with Crippen LogP contribution in [-0.2, 0) is 0 Å². The Morgan fingerprint density at radius 3 is 2.69 bits per heavy atom. The highest BCUT2D eigenvalue weighted by Crippen LogP contribution is 2.14. The lowest BCUT2D eigenvalue weighted by Gasteiger charge is -2.25. The summed E-state index contributed by atoms with van der Waals surface area (Å²) in [6, 6.07) is 8.18. The maximum Gasteiger partial charge on any atom is 0.149 e. The van der Waals surface area contributed by atoms with Crippen LogP contribution in [0.5, 0.6) is 5.75 Å². The molecule has 5 nitrogen and oxygen atoms in total. The molecule has 0 saturated carbocycles. The van der Waals surface area contributed by atoms with Gasteiger partial charge >= 0.3 is 0 Å². The van der Waals surface area contributed by atoms with Crippen molar-refractivity contribution in [3.05, 3.63) is 59.7 Å². The molecule has 1 aromatic carbocycles. The summed E-state index contributed by atoms with van der Waals surface area (Å²) in [6.45, 7) is 7.79. The summed E-state index contributed by atoms with van der Waals surface area (Å²) in [5, 5.41) is 0. The van der Waals surface area contributed by atoms with Crippen LogP contribution < -0.4 is 21.6 Å². The van der Waals surface area contributed by atoms with Gasteiger partial charge in [0.2, 0.25) is 0 Å². The van der Waals surface area contributed by atoms with Crippen LogP contribution in [0.2, 0.25) is 0 Å². The first-order valence-corrected chi connectivity index (χ1v) is 9.08. The van der Waals surface area contributed by atoms with Gasteiger partial charge in [-0.3, -0.25) is 0 Å². The largest absolute Gasteiger partial charge is 0.394 e. The van der Waals surface area contributed by atoms with Crippen molar-refractivity contribution in [2.75, 3.05) is 27.2 Å². The molecular formula is C21H34N4O. The van der Waals surface area contributed by atoms with Crippen molar-refractivity contribution in [3.8, 4) is 5.75 Å². The molecule has 0 saturated heterocycles. The van der Waals surface area contributed by atoms with Crippen LogP contribution in [0, 0.1) is 5.92 Å². The molecule has 4 N–H and O–H groups in total. The van der Waals surface area contributed by atoms with E-state index in [1.165, 1.54) is 0 Å². The molecule has 0 aliphatic carbocycles. The van der Waals surface area contributed by atoms with E-state index >= 15 is 0 Å². The number of hydrogen-bond donors (Lipinski definition) is 3. The third-order valence-corrected chi connectivity index (χ3v) is 3.87. The van der Waals surface area contributed by atoms with Crippen molar-refractivity contribution in [2.45, 2.75) is 26.8 Å². The molecule has 0 unspecified atom stereocenters. The molecule has 1 rings (SSSR count). The van der Waals surface area contributed by atoms with Crippen LogP contribution in [0.1, 0.15) is 26.3 Å². The van der Waals surface area contributed by atoms with E-state index in [2.05, 4.69) is 43.9 Å². The van der Waals surface area contributed by atoms with Gasteiger partial charge in [0.15, 0.2) is 0 Å². The van der Waals surface area contributed by atoms with Crippen molar-refractivity contribution >= 4 is 6.08 Å². The summed E-state index contributed by atoms with van der Waals surface area (Å²) in [4.78, 5) is 7.80. The van der Waals surface area contributed by atoms with Crippen molar-refractivity contribution in [1.82, 2.24) is 15.9 Å². The standard InChI is InChI=1S/C21H34N4O/c1-6-7-9-19(15-22)13-12-18-10-8-11-20(14-18)26-24-23-21(17(2)3)16-25(4)5/h6-14,17,21,23-24H,15-16,22H2,1-5H3/b7-6-,13-12+,19-9+/t21-/m1/s1. The average Bonchev–Trinajstić information content (AvgIpc) is 2.61. The van der Waals surface area contributed by atoms with Gasteiger partial charge in [-0.15, -0.1) is 0 Å². The SMILES string of the molecule is C\C=C/C=C(\C=C\c1cccc(ONN[C@H](CN(C)C)C(C)C)c1)CN. The van der Waals surface area contributed by atoms with E-state index in [1.54, 1.807) is 0 Å². The molecule has 0 amide bonds. The van der Waals surface area contributed by atoms with Gasteiger partial charge in [0.05, 0.1) is 0 Å². The second-order valence-electron chi connectivity index (χ2n) is 6.84. The minimum atomic E-state index is 0.289. The summed E-state index contributed by atoms with van der Waals surface area (Å²) in [7, 11) is 4.13. The highest BCUT2D eigenvalue weighted by atomic mass is 16.7. The lowest BCUT2D eigenvalue weighted by atomic mass is 10.1.